The molecule has 4 N–H and O–H groups in total. The number of hydrogen-bond donors (Lipinski definition) is 4. The molecule has 11 heteroatoms. The molecule has 0 unspecified atom stereocenters. The highest BCUT2D eigenvalue weighted by Crippen LogP contribution is 2.39. The lowest BCUT2D eigenvalue weighted by Gasteiger charge is -2.31. The number of anilines is 3. The summed E-state index contributed by atoms with van der Waals surface area (Å²) in [6, 6.07) is 14.5. The summed E-state index contributed by atoms with van der Waals surface area (Å²) in [5.74, 6) is 1.24. The van der Waals surface area contributed by atoms with Gasteiger partial charge in [-0.15, -0.1) is 10.2 Å². The third-order valence-electron chi connectivity index (χ3n) is 7.13. The summed E-state index contributed by atoms with van der Waals surface area (Å²) in [5, 5.41) is 35.3. The molecule has 11 nitrogen and oxygen atoms in total. The molecule has 41 heavy (non-hydrogen) atoms. The first-order valence-electron chi connectivity index (χ1n) is 13.6. The minimum Gasteiger partial charge on any atom is -0.417 e. The fourth-order valence-electron chi connectivity index (χ4n) is 4.93. The second-order valence-corrected chi connectivity index (χ2v) is 11.1. The number of fused-ring (bicyclic) bond motifs is 1. The van der Waals surface area contributed by atoms with Crippen molar-refractivity contribution in [1.82, 2.24) is 25.1 Å². The fraction of sp³-hybridized carbons (Fsp3) is 0.367. The Balaban J connectivity index is 1.50. The second kappa shape index (κ2) is 10.9. The van der Waals surface area contributed by atoms with E-state index in [1.807, 2.05) is 56.0 Å². The Morgan fingerprint density at radius 3 is 2.49 bits per heavy atom. The van der Waals surface area contributed by atoms with E-state index in [-0.39, 0.29) is 24.3 Å². The molecule has 0 bridgehead atoms. The van der Waals surface area contributed by atoms with Crippen LogP contribution in [-0.4, -0.2) is 54.3 Å². The van der Waals surface area contributed by atoms with Crippen LogP contribution >= 0.6 is 0 Å². The molecular weight excluding hydrogens is 522 g/mol. The number of aliphatic hydroxyl groups is 2. The first-order valence-corrected chi connectivity index (χ1v) is 13.6. The lowest BCUT2D eigenvalue weighted by molar-refractivity contribution is 0.0487. The van der Waals surface area contributed by atoms with Crippen molar-refractivity contribution in [1.29, 1.82) is 0 Å². The van der Waals surface area contributed by atoms with Gasteiger partial charge in [0.2, 0.25) is 5.89 Å². The predicted molar refractivity (Wildman–Crippen MR) is 155 cm³/mol. The molecule has 1 aromatic carbocycles. The molecule has 1 aliphatic heterocycles. The van der Waals surface area contributed by atoms with Gasteiger partial charge in [-0.3, -0.25) is 4.79 Å². The number of benzene rings is 1. The molecule has 1 aliphatic rings. The molecule has 0 aliphatic carbocycles. The van der Waals surface area contributed by atoms with Crippen molar-refractivity contribution in [3.05, 3.63) is 77.4 Å². The average molecular weight is 558 g/mol. The molecule has 3 aromatic heterocycles. The van der Waals surface area contributed by atoms with Gasteiger partial charge in [0, 0.05) is 18.8 Å². The van der Waals surface area contributed by atoms with Gasteiger partial charge in [0.25, 0.3) is 11.8 Å². The minimum atomic E-state index is -1.31. The van der Waals surface area contributed by atoms with Crippen LogP contribution in [0.5, 0.6) is 0 Å². The lowest BCUT2D eigenvalue weighted by atomic mass is 9.99. The molecule has 214 valence electrons. The standard InChI is InChI=1S/C30H35N7O4/c1-6-14-37-27(39)19-12-13-23(34-25(19)29(37,2)3)33-24-15-21(32-22(17-38)18-10-8-7-9-11-18)20(16-31-24)26-35-36-28(41-26)30(4,5)40/h7-13,15-16,22,38,40H,6,14,17H2,1-5H3,(H2,31,32,33,34)/t22-/m1/s1. The van der Waals surface area contributed by atoms with Crippen LogP contribution < -0.4 is 10.6 Å². The third-order valence-corrected chi connectivity index (χ3v) is 7.13. The zero-order valence-electron chi connectivity index (χ0n) is 23.8. The summed E-state index contributed by atoms with van der Waals surface area (Å²) in [7, 11) is 0. The van der Waals surface area contributed by atoms with Crippen LogP contribution in [0.3, 0.4) is 0 Å². The monoisotopic (exact) mass is 557 g/mol. The summed E-state index contributed by atoms with van der Waals surface area (Å²) in [4.78, 5) is 24.2. The SMILES string of the molecule is CCCN1C(=O)c2ccc(Nc3cc(N[C@H](CO)c4ccccc4)c(-c4nnc(C(C)(C)O)o4)cn3)nc2C1(C)C. The highest BCUT2D eigenvalue weighted by Gasteiger charge is 2.44. The van der Waals surface area contributed by atoms with Crippen LogP contribution in [0.1, 0.15) is 74.6 Å². The van der Waals surface area contributed by atoms with E-state index >= 15 is 0 Å². The van der Waals surface area contributed by atoms with E-state index in [0.29, 0.717) is 40.7 Å². The molecule has 0 saturated carbocycles. The Morgan fingerprint density at radius 1 is 1.07 bits per heavy atom. The quantitative estimate of drug-likeness (QED) is 0.215. The number of nitrogens with zero attached hydrogens (tertiary/aromatic N) is 5. The zero-order valence-corrected chi connectivity index (χ0v) is 23.8. The first kappa shape index (κ1) is 28.2. The maximum absolute atomic E-state index is 13.0. The molecule has 5 rings (SSSR count). The van der Waals surface area contributed by atoms with Gasteiger partial charge in [0.15, 0.2) is 0 Å². The number of hydrogen-bond acceptors (Lipinski definition) is 10. The minimum absolute atomic E-state index is 0.0131. The molecule has 4 heterocycles. The zero-order chi connectivity index (χ0) is 29.4. The molecule has 0 radical (unpaired) electrons. The van der Waals surface area contributed by atoms with Gasteiger partial charge in [0.1, 0.15) is 17.2 Å². The van der Waals surface area contributed by atoms with Crippen molar-refractivity contribution in [3.8, 4) is 11.5 Å². The van der Waals surface area contributed by atoms with Crippen molar-refractivity contribution in [2.75, 3.05) is 23.8 Å². The molecular formula is C30H35N7O4. The van der Waals surface area contributed by atoms with Crippen LogP contribution in [0.25, 0.3) is 11.5 Å². The third kappa shape index (κ3) is 5.50. The predicted octanol–water partition coefficient (Wildman–Crippen LogP) is 4.74. The van der Waals surface area contributed by atoms with E-state index < -0.39 is 17.2 Å². The first-order chi connectivity index (χ1) is 19.5. The Bertz CT molecular complexity index is 1550. The van der Waals surface area contributed by atoms with Gasteiger partial charge in [-0.2, -0.15) is 0 Å². The maximum atomic E-state index is 13.0. The average Bonchev–Trinajstić information content (AvgIpc) is 3.51. The Morgan fingerprint density at radius 2 is 1.83 bits per heavy atom. The van der Waals surface area contributed by atoms with Gasteiger partial charge >= 0.3 is 0 Å². The van der Waals surface area contributed by atoms with Crippen molar-refractivity contribution in [2.45, 2.75) is 58.2 Å². The van der Waals surface area contributed by atoms with E-state index in [2.05, 4.69) is 25.8 Å². The molecule has 1 atom stereocenters. The van der Waals surface area contributed by atoms with E-state index in [1.165, 1.54) is 0 Å². The number of rotatable bonds is 10. The molecule has 1 amide bonds. The van der Waals surface area contributed by atoms with Crippen LogP contribution in [-0.2, 0) is 11.1 Å². The number of carbonyl (C=O) groups excluding carboxylic acids is 1. The summed E-state index contributed by atoms with van der Waals surface area (Å²) in [6.07, 6.45) is 2.44. The molecule has 0 fully saturated rings. The summed E-state index contributed by atoms with van der Waals surface area (Å²) >= 11 is 0. The van der Waals surface area contributed by atoms with E-state index in [4.69, 9.17) is 9.40 Å². The number of amides is 1. The Kier molecular flexibility index (Phi) is 7.50. The smallest absolute Gasteiger partial charge is 0.256 e. The summed E-state index contributed by atoms with van der Waals surface area (Å²) in [6.45, 7) is 9.66. The largest absolute Gasteiger partial charge is 0.417 e. The van der Waals surface area contributed by atoms with Crippen molar-refractivity contribution in [3.63, 3.8) is 0 Å². The highest BCUT2D eigenvalue weighted by molar-refractivity contribution is 5.99. The van der Waals surface area contributed by atoms with Gasteiger partial charge in [-0.05, 0) is 51.8 Å². The number of nitrogens with one attached hydrogen (secondary N) is 2. The fourth-order valence-corrected chi connectivity index (χ4v) is 4.93. The summed E-state index contributed by atoms with van der Waals surface area (Å²) in [5.41, 5.74) is 1.42. The Labute approximate surface area is 238 Å². The van der Waals surface area contributed by atoms with Gasteiger partial charge in [0.05, 0.1) is 40.7 Å². The molecule has 0 spiro atoms. The van der Waals surface area contributed by atoms with Crippen LogP contribution in [0, 0.1) is 0 Å². The maximum Gasteiger partial charge on any atom is 0.256 e. The number of aliphatic hydroxyl groups excluding tert-OH is 1. The van der Waals surface area contributed by atoms with E-state index in [0.717, 1.165) is 12.0 Å². The van der Waals surface area contributed by atoms with E-state index in [9.17, 15) is 15.0 Å². The second-order valence-electron chi connectivity index (χ2n) is 11.1. The van der Waals surface area contributed by atoms with Crippen LogP contribution in [0.4, 0.5) is 17.3 Å². The number of carbonyl (C=O) groups is 1. The van der Waals surface area contributed by atoms with Crippen LogP contribution in [0.2, 0.25) is 0 Å². The van der Waals surface area contributed by atoms with Crippen molar-refractivity contribution in [2.24, 2.45) is 0 Å². The topological polar surface area (TPSA) is 150 Å². The molecule has 0 saturated heterocycles. The normalized spacial score (nSPS) is 15.1. The summed E-state index contributed by atoms with van der Waals surface area (Å²) < 4.78 is 5.78. The highest BCUT2D eigenvalue weighted by atomic mass is 16.4. The van der Waals surface area contributed by atoms with Crippen LogP contribution in [0.15, 0.2) is 59.1 Å². The molecule has 4 aromatic rings. The number of pyridine rings is 2. The van der Waals surface area contributed by atoms with Crippen molar-refractivity contribution < 1.29 is 19.4 Å². The number of aromatic nitrogens is 4. The lowest BCUT2D eigenvalue weighted by Crippen LogP contribution is -2.39. The van der Waals surface area contributed by atoms with Gasteiger partial charge in [-0.1, -0.05) is 37.3 Å². The Hall–Kier alpha value is -4.35. The van der Waals surface area contributed by atoms with Gasteiger partial charge < -0.3 is 30.2 Å². The van der Waals surface area contributed by atoms with Gasteiger partial charge in [-0.25, -0.2) is 9.97 Å². The van der Waals surface area contributed by atoms with E-state index in [1.54, 1.807) is 38.2 Å². The van der Waals surface area contributed by atoms with Crippen molar-refractivity contribution >= 4 is 23.2 Å².